The van der Waals surface area contributed by atoms with E-state index in [2.05, 4.69) is 23.0 Å². The molecule has 3 rings (SSSR count). The average Bonchev–Trinajstić information content (AvgIpc) is 3.01. The lowest BCUT2D eigenvalue weighted by Crippen LogP contribution is -2.30. The number of hydrogen-bond donors (Lipinski definition) is 1. The van der Waals surface area contributed by atoms with Crippen LogP contribution in [0, 0.1) is 17.8 Å². The Labute approximate surface area is 109 Å². The van der Waals surface area contributed by atoms with Crippen LogP contribution >= 0.6 is 0 Å². The highest BCUT2D eigenvalue weighted by Gasteiger charge is 2.39. The molecule has 2 saturated carbocycles. The molecule has 18 heavy (non-hydrogen) atoms. The predicted octanol–water partition coefficient (Wildman–Crippen LogP) is 2.41. The Hall–Kier alpha value is -1.09. The Morgan fingerprint density at radius 2 is 2.28 bits per heavy atom. The van der Waals surface area contributed by atoms with Crippen LogP contribution in [0.2, 0.25) is 0 Å². The molecular formula is C15H23N3. The van der Waals surface area contributed by atoms with Crippen molar-refractivity contribution in [2.24, 2.45) is 23.5 Å². The Bertz CT molecular complexity index is 418. The van der Waals surface area contributed by atoms with Crippen LogP contribution in [0.3, 0.4) is 0 Å². The maximum absolute atomic E-state index is 5.79. The lowest BCUT2D eigenvalue weighted by molar-refractivity contribution is 0.337. The number of fused-ring (bicyclic) bond motifs is 2. The number of aromatic nitrogens is 1. The van der Waals surface area contributed by atoms with Gasteiger partial charge in [0.05, 0.1) is 0 Å². The predicted molar refractivity (Wildman–Crippen MR) is 74.3 cm³/mol. The van der Waals surface area contributed by atoms with Gasteiger partial charge in [0.2, 0.25) is 0 Å². The highest BCUT2D eigenvalue weighted by molar-refractivity contribution is 5.45. The van der Waals surface area contributed by atoms with Crippen LogP contribution in [0.25, 0.3) is 0 Å². The van der Waals surface area contributed by atoms with Gasteiger partial charge >= 0.3 is 0 Å². The highest BCUT2D eigenvalue weighted by Crippen LogP contribution is 2.48. The van der Waals surface area contributed by atoms with Crippen LogP contribution < -0.4 is 10.6 Å². The van der Waals surface area contributed by atoms with E-state index >= 15 is 0 Å². The van der Waals surface area contributed by atoms with Crippen molar-refractivity contribution in [3.63, 3.8) is 0 Å². The molecule has 0 radical (unpaired) electrons. The molecule has 2 aliphatic carbocycles. The molecule has 2 bridgehead atoms. The van der Waals surface area contributed by atoms with Crippen LogP contribution in [0.5, 0.6) is 0 Å². The monoisotopic (exact) mass is 245 g/mol. The van der Waals surface area contributed by atoms with Crippen LogP contribution in [-0.2, 0) is 6.54 Å². The molecule has 0 spiro atoms. The molecule has 2 aliphatic rings. The fraction of sp³-hybridized carbons (Fsp3) is 0.667. The average molecular weight is 245 g/mol. The summed E-state index contributed by atoms with van der Waals surface area (Å²) >= 11 is 0. The first-order valence-electron chi connectivity index (χ1n) is 7.13. The maximum atomic E-state index is 5.79. The van der Waals surface area contributed by atoms with E-state index in [-0.39, 0.29) is 0 Å². The molecule has 1 heterocycles. The van der Waals surface area contributed by atoms with Gasteiger partial charge in [0.25, 0.3) is 0 Å². The third-order valence-electron chi connectivity index (χ3n) is 4.84. The van der Waals surface area contributed by atoms with Gasteiger partial charge < -0.3 is 10.6 Å². The van der Waals surface area contributed by atoms with Gasteiger partial charge in [-0.25, -0.2) is 4.98 Å². The summed E-state index contributed by atoms with van der Waals surface area (Å²) in [4.78, 5) is 6.81. The van der Waals surface area contributed by atoms with E-state index < -0.39 is 0 Å². The molecule has 98 valence electrons. The summed E-state index contributed by atoms with van der Waals surface area (Å²) in [5.74, 6) is 3.94. The smallest absolute Gasteiger partial charge is 0.132 e. The van der Waals surface area contributed by atoms with Crippen LogP contribution in [-0.4, -0.2) is 18.6 Å². The van der Waals surface area contributed by atoms with Gasteiger partial charge in [-0.3, -0.25) is 0 Å². The minimum absolute atomic E-state index is 0.574. The third-order valence-corrected chi connectivity index (χ3v) is 4.84. The van der Waals surface area contributed by atoms with Gasteiger partial charge in [-0.2, -0.15) is 0 Å². The SMILES string of the molecule is CN(CC1CC2CCC1C2)c1ncccc1CN. The van der Waals surface area contributed by atoms with E-state index in [0.717, 1.165) is 35.7 Å². The Balaban J connectivity index is 1.69. The molecule has 3 nitrogen and oxygen atoms in total. The third kappa shape index (κ3) is 2.12. The van der Waals surface area contributed by atoms with E-state index in [1.807, 2.05) is 12.3 Å². The zero-order valence-electron chi connectivity index (χ0n) is 11.2. The fourth-order valence-electron chi connectivity index (χ4n) is 3.97. The topological polar surface area (TPSA) is 42.2 Å². The molecule has 0 saturated heterocycles. The van der Waals surface area contributed by atoms with Crippen molar-refractivity contribution in [3.8, 4) is 0 Å². The Kier molecular flexibility index (Phi) is 3.25. The van der Waals surface area contributed by atoms with Crippen LogP contribution in [0.1, 0.15) is 31.2 Å². The molecule has 2 N–H and O–H groups in total. The molecule has 0 amide bonds. The molecule has 2 fully saturated rings. The largest absolute Gasteiger partial charge is 0.359 e. The second-order valence-electron chi connectivity index (χ2n) is 6.01. The quantitative estimate of drug-likeness (QED) is 0.885. The minimum Gasteiger partial charge on any atom is -0.359 e. The molecule has 3 heteroatoms. The molecule has 1 aromatic heterocycles. The van der Waals surface area contributed by atoms with Gasteiger partial charge in [-0.1, -0.05) is 12.5 Å². The van der Waals surface area contributed by atoms with Crippen molar-refractivity contribution in [3.05, 3.63) is 23.9 Å². The van der Waals surface area contributed by atoms with E-state index in [1.54, 1.807) is 0 Å². The van der Waals surface area contributed by atoms with E-state index in [4.69, 9.17) is 5.73 Å². The van der Waals surface area contributed by atoms with Crippen LogP contribution in [0.4, 0.5) is 5.82 Å². The summed E-state index contributed by atoms with van der Waals surface area (Å²) in [7, 11) is 2.16. The summed E-state index contributed by atoms with van der Waals surface area (Å²) in [5.41, 5.74) is 6.95. The van der Waals surface area contributed by atoms with E-state index in [9.17, 15) is 0 Å². The number of hydrogen-bond acceptors (Lipinski definition) is 3. The van der Waals surface area contributed by atoms with Crippen molar-refractivity contribution in [1.82, 2.24) is 4.98 Å². The number of rotatable bonds is 4. The number of nitrogens with two attached hydrogens (primary N) is 1. The van der Waals surface area contributed by atoms with Gasteiger partial charge in [-0.05, 0) is 43.1 Å². The van der Waals surface area contributed by atoms with Gasteiger partial charge in [0, 0.05) is 31.9 Å². The summed E-state index contributed by atoms with van der Waals surface area (Å²) in [5, 5.41) is 0. The fourth-order valence-corrected chi connectivity index (χ4v) is 3.97. The van der Waals surface area contributed by atoms with Crippen LogP contribution in [0.15, 0.2) is 18.3 Å². The number of pyridine rings is 1. The normalized spacial score (nSPS) is 29.8. The van der Waals surface area contributed by atoms with E-state index in [0.29, 0.717) is 6.54 Å². The van der Waals surface area contributed by atoms with Crippen molar-refractivity contribution >= 4 is 5.82 Å². The summed E-state index contributed by atoms with van der Waals surface area (Å²) in [6.07, 6.45) is 7.70. The summed E-state index contributed by atoms with van der Waals surface area (Å²) < 4.78 is 0. The van der Waals surface area contributed by atoms with Crippen molar-refractivity contribution in [1.29, 1.82) is 0 Å². The first-order valence-corrected chi connectivity index (χ1v) is 7.13. The van der Waals surface area contributed by atoms with Gasteiger partial charge in [-0.15, -0.1) is 0 Å². The highest BCUT2D eigenvalue weighted by atomic mass is 15.2. The van der Waals surface area contributed by atoms with Gasteiger partial charge in [0.15, 0.2) is 0 Å². The first kappa shape index (κ1) is 12.0. The van der Waals surface area contributed by atoms with Crippen molar-refractivity contribution in [2.45, 2.75) is 32.2 Å². The molecular weight excluding hydrogens is 222 g/mol. The Morgan fingerprint density at radius 1 is 1.39 bits per heavy atom. The lowest BCUT2D eigenvalue weighted by atomic mass is 9.88. The molecule has 0 aliphatic heterocycles. The standard InChI is InChI=1S/C15H23N3/c1-18(15-13(9-16)3-2-6-17-15)10-14-8-11-4-5-12(14)7-11/h2-3,6,11-12,14H,4-5,7-10,16H2,1H3. The molecule has 3 unspecified atom stereocenters. The zero-order chi connectivity index (χ0) is 12.5. The second-order valence-corrected chi connectivity index (χ2v) is 6.01. The van der Waals surface area contributed by atoms with Crippen molar-refractivity contribution < 1.29 is 0 Å². The van der Waals surface area contributed by atoms with E-state index in [1.165, 1.54) is 25.7 Å². The zero-order valence-corrected chi connectivity index (χ0v) is 11.2. The maximum Gasteiger partial charge on any atom is 0.132 e. The summed E-state index contributed by atoms with van der Waals surface area (Å²) in [6, 6.07) is 4.05. The molecule has 3 atom stereocenters. The first-order chi connectivity index (χ1) is 8.78. The Morgan fingerprint density at radius 3 is 2.94 bits per heavy atom. The molecule has 0 aromatic carbocycles. The number of anilines is 1. The summed E-state index contributed by atoms with van der Waals surface area (Å²) in [6.45, 7) is 1.72. The minimum atomic E-state index is 0.574. The molecule has 1 aromatic rings. The lowest BCUT2D eigenvalue weighted by Gasteiger charge is -2.28. The van der Waals surface area contributed by atoms with Crippen molar-refractivity contribution in [2.75, 3.05) is 18.5 Å². The van der Waals surface area contributed by atoms with Gasteiger partial charge in [0.1, 0.15) is 5.82 Å². The second kappa shape index (κ2) is 4.88. The number of nitrogens with zero attached hydrogens (tertiary/aromatic N) is 2.